The van der Waals surface area contributed by atoms with E-state index in [4.69, 9.17) is 24.4 Å². The second kappa shape index (κ2) is 7.21. The average molecular weight is 413 g/mol. The first kappa shape index (κ1) is 18.7. The van der Waals surface area contributed by atoms with Crippen molar-refractivity contribution in [3.8, 4) is 22.8 Å². The van der Waals surface area contributed by atoms with E-state index >= 15 is 0 Å². The molecule has 0 amide bonds. The number of furan rings is 1. The van der Waals surface area contributed by atoms with Crippen LogP contribution in [0.3, 0.4) is 0 Å². The third kappa shape index (κ3) is 3.16. The SMILES string of the molecule is COc1ccc(-c2cc3c(c(=N)oc4ccc(O)cc43)c(=N)n2Cc2ccco2)cc1. The lowest BCUT2D eigenvalue weighted by molar-refractivity contribution is 0.415. The summed E-state index contributed by atoms with van der Waals surface area (Å²) in [6.07, 6.45) is 1.59. The van der Waals surface area contributed by atoms with Gasteiger partial charge < -0.3 is 23.2 Å². The molecule has 154 valence electrons. The largest absolute Gasteiger partial charge is 0.508 e. The summed E-state index contributed by atoms with van der Waals surface area (Å²) < 4.78 is 18.2. The van der Waals surface area contributed by atoms with Crippen LogP contribution >= 0.6 is 0 Å². The lowest BCUT2D eigenvalue weighted by atomic mass is 10.0. The van der Waals surface area contributed by atoms with E-state index in [0.29, 0.717) is 34.0 Å². The molecule has 0 aliphatic carbocycles. The van der Waals surface area contributed by atoms with Crippen molar-refractivity contribution in [1.29, 1.82) is 10.8 Å². The molecule has 7 nitrogen and oxygen atoms in total. The zero-order valence-corrected chi connectivity index (χ0v) is 16.7. The van der Waals surface area contributed by atoms with Crippen LogP contribution < -0.4 is 15.8 Å². The summed E-state index contributed by atoms with van der Waals surface area (Å²) >= 11 is 0. The molecule has 0 spiro atoms. The Hall–Kier alpha value is -4.26. The highest BCUT2D eigenvalue weighted by Gasteiger charge is 2.16. The Bertz CT molecular complexity index is 1530. The van der Waals surface area contributed by atoms with Crippen LogP contribution in [0.1, 0.15) is 5.76 Å². The van der Waals surface area contributed by atoms with Gasteiger partial charge in [-0.05, 0) is 66.2 Å². The number of benzene rings is 2. The molecule has 0 unspecified atom stereocenters. The molecular formula is C24H19N3O4. The number of aromatic nitrogens is 1. The summed E-state index contributed by atoms with van der Waals surface area (Å²) in [4.78, 5) is 0. The van der Waals surface area contributed by atoms with Crippen molar-refractivity contribution in [2.24, 2.45) is 0 Å². The molecule has 0 bridgehead atoms. The van der Waals surface area contributed by atoms with Crippen LogP contribution in [0.5, 0.6) is 11.5 Å². The van der Waals surface area contributed by atoms with Crippen LogP contribution in [0.4, 0.5) is 0 Å². The van der Waals surface area contributed by atoms with E-state index < -0.39 is 0 Å². The van der Waals surface area contributed by atoms with E-state index in [-0.39, 0.29) is 16.8 Å². The molecule has 2 aromatic carbocycles. The Morgan fingerprint density at radius 2 is 1.81 bits per heavy atom. The van der Waals surface area contributed by atoms with E-state index in [9.17, 15) is 5.11 Å². The molecule has 3 aromatic heterocycles. The molecule has 31 heavy (non-hydrogen) atoms. The number of fused-ring (bicyclic) bond motifs is 3. The Morgan fingerprint density at radius 3 is 2.52 bits per heavy atom. The van der Waals surface area contributed by atoms with Crippen molar-refractivity contribution in [3.05, 3.63) is 83.7 Å². The third-order valence-electron chi connectivity index (χ3n) is 5.32. The molecule has 0 saturated heterocycles. The molecule has 7 heteroatoms. The van der Waals surface area contributed by atoms with Crippen molar-refractivity contribution in [1.82, 2.24) is 4.57 Å². The molecule has 5 aromatic rings. The van der Waals surface area contributed by atoms with Crippen LogP contribution in [0.15, 0.2) is 75.8 Å². The Labute approximate surface area is 176 Å². The predicted molar refractivity (Wildman–Crippen MR) is 115 cm³/mol. The van der Waals surface area contributed by atoms with E-state index in [1.54, 1.807) is 36.1 Å². The van der Waals surface area contributed by atoms with Gasteiger partial charge in [0.1, 0.15) is 28.3 Å². The fourth-order valence-corrected chi connectivity index (χ4v) is 3.81. The lowest BCUT2D eigenvalue weighted by Gasteiger charge is -2.16. The molecule has 3 heterocycles. The van der Waals surface area contributed by atoms with E-state index in [0.717, 1.165) is 17.0 Å². The lowest BCUT2D eigenvalue weighted by Crippen LogP contribution is -2.26. The number of rotatable bonds is 4. The first-order valence-electron chi connectivity index (χ1n) is 9.64. The number of hydrogen-bond donors (Lipinski definition) is 3. The number of nitrogens with zero attached hydrogens (tertiary/aromatic N) is 1. The Kier molecular flexibility index (Phi) is 4.36. The van der Waals surface area contributed by atoms with Gasteiger partial charge in [-0.3, -0.25) is 10.8 Å². The van der Waals surface area contributed by atoms with Crippen molar-refractivity contribution >= 4 is 21.7 Å². The third-order valence-corrected chi connectivity index (χ3v) is 5.32. The highest BCUT2D eigenvalue weighted by atomic mass is 16.5. The van der Waals surface area contributed by atoms with E-state index in [1.807, 2.05) is 36.4 Å². The van der Waals surface area contributed by atoms with Crippen LogP contribution in [0.2, 0.25) is 0 Å². The van der Waals surface area contributed by atoms with Gasteiger partial charge >= 0.3 is 0 Å². The highest BCUT2D eigenvalue weighted by Crippen LogP contribution is 2.30. The van der Waals surface area contributed by atoms with E-state index in [1.165, 1.54) is 6.07 Å². The van der Waals surface area contributed by atoms with Gasteiger partial charge in [-0.2, -0.15) is 0 Å². The van der Waals surface area contributed by atoms with Crippen LogP contribution in [0.25, 0.3) is 33.0 Å². The zero-order chi connectivity index (χ0) is 21.5. The van der Waals surface area contributed by atoms with Crippen molar-refractivity contribution in [3.63, 3.8) is 0 Å². The maximum Gasteiger partial charge on any atom is 0.223 e. The van der Waals surface area contributed by atoms with Gasteiger partial charge in [-0.1, -0.05) is 0 Å². The van der Waals surface area contributed by atoms with Gasteiger partial charge in [0.05, 0.1) is 31.0 Å². The molecule has 0 atom stereocenters. The van der Waals surface area contributed by atoms with Crippen molar-refractivity contribution < 1.29 is 18.7 Å². The van der Waals surface area contributed by atoms with Crippen LogP contribution in [-0.4, -0.2) is 16.8 Å². The quantitative estimate of drug-likeness (QED) is 0.380. The summed E-state index contributed by atoms with van der Waals surface area (Å²) in [6.45, 7) is 0.320. The van der Waals surface area contributed by atoms with Gasteiger partial charge in [0.25, 0.3) is 0 Å². The number of ether oxygens (including phenoxy) is 1. The predicted octanol–water partition coefficient (Wildman–Crippen LogP) is 4.37. The molecule has 0 saturated carbocycles. The summed E-state index contributed by atoms with van der Waals surface area (Å²) in [5.41, 5.74) is 2.14. The number of nitrogens with one attached hydrogen (secondary N) is 2. The van der Waals surface area contributed by atoms with Crippen LogP contribution in [0, 0.1) is 10.8 Å². The molecule has 5 rings (SSSR count). The first-order valence-corrected chi connectivity index (χ1v) is 9.64. The van der Waals surface area contributed by atoms with Crippen LogP contribution in [-0.2, 0) is 6.54 Å². The average Bonchev–Trinajstić information content (AvgIpc) is 3.29. The summed E-state index contributed by atoms with van der Waals surface area (Å²) in [5.74, 6) is 1.51. The van der Waals surface area contributed by atoms with Gasteiger partial charge in [0, 0.05) is 10.8 Å². The fraction of sp³-hybridized carbons (Fsp3) is 0.0833. The second-order valence-electron chi connectivity index (χ2n) is 7.17. The fourth-order valence-electron chi connectivity index (χ4n) is 3.81. The molecular weight excluding hydrogens is 394 g/mol. The topological polar surface area (TPSA) is 108 Å². The minimum absolute atomic E-state index is 0.0894. The monoisotopic (exact) mass is 413 g/mol. The zero-order valence-electron chi connectivity index (χ0n) is 16.7. The number of phenols is 1. The van der Waals surface area contributed by atoms with E-state index in [2.05, 4.69) is 0 Å². The van der Waals surface area contributed by atoms with Crippen molar-refractivity contribution in [2.75, 3.05) is 7.11 Å². The molecule has 0 fully saturated rings. The van der Waals surface area contributed by atoms with Gasteiger partial charge in [0.15, 0.2) is 0 Å². The number of phenolic OH excluding ortho intramolecular Hbond substituents is 1. The summed E-state index contributed by atoms with van der Waals surface area (Å²) in [7, 11) is 1.61. The molecule has 0 radical (unpaired) electrons. The van der Waals surface area contributed by atoms with Gasteiger partial charge in [0.2, 0.25) is 5.55 Å². The molecule has 0 aliphatic rings. The molecule has 3 N–H and O–H groups in total. The second-order valence-corrected chi connectivity index (χ2v) is 7.17. The maximum atomic E-state index is 10.0. The Morgan fingerprint density at radius 1 is 1.00 bits per heavy atom. The minimum Gasteiger partial charge on any atom is -0.508 e. The summed E-state index contributed by atoms with van der Waals surface area (Å²) in [6, 6.07) is 17.9. The Balaban J connectivity index is 1.89. The first-order chi connectivity index (χ1) is 15.0. The summed E-state index contributed by atoms with van der Waals surface area (Å²) in [5, 5.41) is 29.0. The van der Waals surface area contributed by atoms with Gasteiger partial charge in [-0.15, -0.1) is 0 Å². The van der Waals surface area contributed by atoms with Gasteiger partial charge in [-0.25, -0.2) is 0 Å². The number of pyridine rings is 1. The van der Waals surface area contributed by atoms with Crippen molar-refractivity contribution in [2.45, 2.75) is 6.54 Å². The maximum absolute atomic E-state index is 10.0. The number of methoxy groups -OCH3 is 1. The smallest absolute Gasteiger partial charge is 0.223 e. The highest BCUT2D eigenvalue weighted by molar-refractivity contribution is 6.05. The number of hydrogen-bond acceptors (Lipinski definition) is 6. The number of aromatic hydroxyl groups is 1. The normalized spacial score (nSPS) is 11.3. The molecule has 0 aliphatic heterocycles. The standard InChI is InChI=1S/C24H19N3O4/c1-29-16-7-4-14(5-8-16)20-12-19-18-11-15(28)6-9-21(18)31-24(26)22(19)23(25)27(20)13-17-3-2-10-30-17/h2-12,25-26,28H,13H2,1H3. The minimum atomic E-state index is -0.104.